The normalized spacial score (nSPS) is 14.0. The number of benzene rings is 2. The Labute approximate surface area is 224 Å². The summed E-state index contributed by atoms with van der Waals surface area (Å²) in [5.41, 5.74) is 1.94. The van der Waals surface area contributed by atoms with Crippen molar-refractivity contribution >= 4 is 51.6 Å². The number of carbonyl (C=O) groups is 3. The lowest BCUT2D eigenvalue weighted by atomic mass is 9.96. The molecular weight excluding hydrogens is 511 g/mol. The second-order valence-corrected chi connectivity index (χ2v) is 11.3. The number of halogens is 1. The summed E-state index contributed by atoms with van der Waals surface area (Å²) in [5, 5.41) is 5.73. The van der Waals surface area contributed by atoms with Crippen molar-refractivity contribution in [2.75, 3.05) is 17.7 Å². The van der Waals surface area contributed by atoms with Gasteiger partial charge in [0.15, 0.2) is 0 Å². The van der Waals surface area contributed by atoms with Crippen LogP contribution in [0.1, 0.15) is 63.8 Å². The van der Waals surface area contributed by atoms with Crippen molar-refractivity contribution in [3.8, 4) is 0 Å². The summed E-state index contributed by atoms with van der Waals surface area (Å²) in [5.74, 6) is -1.80. The van der Waals surface area contributed by atoms with E-state index in [4.69, 9.17) is 4.74 Å². The first-order valence-corrected chi connectivity index (χ1v) is 13.9. The van der Waals surface area contributed by atoms with E-state index in [1.807, 2.05) is 6.07 Å². The number of carbonyl (C=O) groups excluding carboxylic acids is 3. The van der Waals surface area contributed by atoms with Crippen LogP contribution in [0.25, 0.3) is 0 Å². The standard InChI is InChI=1S/C28H29FN2O4S2/c1-17(36-19-11-9-10-18(16-19)30-26(33)20-12-7-8-14-22(20)29)25(32)31-27-24(28(34)35-2)21-13-5-3-4-6-15-23(21)37-27/h7-12,14,16-17H,3-6,13,15H2,1-2H3,(H,30,33)(H,31,32). The van der Waals surface area contributed by atoms with E-state index in [-0.39, 0.29) is 11.5 Å². The number of aryl methyl sites for hydroxylation is 1. The molecule has 1 unspecified atom stereocenters. The minimum Gasteiger partial charge on any atom is -0.465 e. The highest BCUT2D eigenvalue weighted by atomic mass is 32.2. The zero-order valence-electron chi connectivity index (χ0n) is 20.8. The van der Waals surface area contributed by atoms with Gasteiger partial charge in [0.05, 0.1) is 23.5 Å². The van der Waals surface area contributed by atoms with Gasteiger partial charge in [0, 0.05) is 15.5 Å². The van der Waals surface area contributed by atoms with Crippen LogP contribution >= 0.6 is 23.1 Å². The smallest absolute Gasteiger partial charge is 0.341 e. The zero-order chi connectivity index (χ0) is 26.4. The van der Waals surface area contributed by atoms with Gasteiger partial charge in [-0.2, -0.15) is 0 Å². The molecule has 37 heavy (non-hydrogen) atoms. The van der Waals surface area contributed by atoms with Gasteiger partial charge in [0.2, 0.25) is 5.91 Å². The van der Waals surface area contributed by atoms with Gasteiger partial charge in [-0.1, -0.05) is 31.0 Å². The second kappa shape index (κ2) is 12.4. The number of thioether (sulfide) groups is 1. The average molecular weight is 541 g/mol. The summed E-state index contributed by atoms with van der Waals surface area (Å²) >= 11 is 2.79. The van der Waals surface area contributed by atoms with Gasteiger partial charge in [0.25, 0.3) is 5.91 Å². The third-order valence-electron chi connectivity index (χ3n) is 6.19. The molecule has 2 N–H and O–H groups in total. The number of methoxy groups -OCH3 is 1. The van der Waals surface area contributed by atoms with E-state index in [0.717, 1.165) is 47.4 Å². The molecule has 194 valence electrons. The quantitative estimate of drug-likeness (QED) is 0.257. The molecule has 1 heterocycles. The Morgan fingerprint density at radius 3 is 2.51 bits per heavy atom. The molecule has 0 saturated carbocycles. The second-order valence-electron chi connectivity index (χ2n) is 8.82. The predicted octanol–water partition coefficient (Wildman–Crippen LogP) is 6.70. The highest BCUT2D eigenvalue weighted by Crippen LogP contribution is 2.38. The maximum absolute atomic E-state index is 13.9. The molecule has 3 aromatic rings. The Balaban J connectivity index is 1.46. The number of thiophene rings is 1. The van der Waals surface area contributed by atoms with Crippen molar-refractivity contribution in [1.29, 1.82) is 0 Å². The van der Waals surface area contributed by atoms with Crippen LogP contribution in [0.5, 0.6) is 0 Å². The monoisotopic (exact) mass is 540 g/mol. The number of rotatable bonds is 7. The summed E-state index contributed by atoms with van der Waals surface area (Å²) in [4.78, 5) is 40.1. The molecule has 1 aromatic heterocycles. The van der Waals surface area contributed by atoms with Crippen LogP contribution in [0.15, 0.2) is 53.4 Å². The lowest BCUT2D eigenvalue weighted by Crippen LogP contribution is -2.23. The fourth-order valence-electron chi connectivity index (χ4n) is 4.29. The number of esters is 1. The number of hydrogen-bond donors (Lipinski definition) is 2. The topological polar surface area (TPSA) is 84.5 Å². The van der Waals surface area contributed by atoms with Crippen molar-refractivity contribution in [3.05, 3.63) is 75.9 Å². The van der Waals surface area contributed by atoms with E-state index >= 15 is 0 Å². The first-order valence-electron chi connectivity index (χ1n) is 12.2. The average Bonchev–Trinajstić information content (AvgIpc) is 3.19. The minimum atomic E-state index is -0.594. The summed E-state index contributed by atoms with van der Waals surface area (Å²) in [6.45, 7) is 1.78. The Morgan fingerprint density at radius 1 is 1.00 bits per heavy atom. The molecular formula is C28H29FN2O4S2. The van der Waals surface area contributed by atoms with Crippen LogP contribution < -0.4 is 10.6 Å². The Hall–Kier alpha value is -3.17. The lowest BCUT2D eigenvalue weighted by Gasteiger charge is -2.14. The molecule has 2 amide bonds. The van der Waals surface area contributed by atoms with E-state index in [1.54, 1.807) is 31.2 Å². The van der Waals surface area contributed by atoms with Crippen molar-refractivity contribution in [2.45, 2.75) is 55.6 Å². The molecule has 9 heteroatoms. The zero-order valence-corrected chi connectivity index (χ0v) is 22.4. The van der Waals surface area contributed by atoms with Gasteiger partial charge in [-0.3, -0.25) is 9.59 Å². The van der Waals surface area contributed by atoms with Crippen LogP contribution in [0.3, 0.4) is 0 Å². The molecule has 0 fully saturated rings. The molecule has 0 radical (unpaired) electrons. The lowest BCUT2D eigenvalue weighted by molar-refractivity contribution is -0.115. The fraction of sp³-hybridized carbons (Fsp3) is 0.321. The first-order chi connectivity index (χ1) is 17.9. The molecule has 1 aliphatic rings. The summed E-state index contributed by atoms with van der Waals surface area (Å²) in [6, 6.07) is 12.8. The molecule has 2 aromatic carbocycles. The van der Waals surface area contributed by atoms with Gasteiger partial charge in [-0.05, 0) is 68.5 Å². The number of ether oxygens (including phenoxy) is 1. The number of fused-ring (bicyclic) bond motifs is 1. The molecule has 1 atom stereocenters. The van der Waals surface area contributed by atoms with Crippen molar-refractivity contribution < 1.29 is 23.5 Å². The predicted molar refractivity (Wildman–Crippen MR) is 146 cm³/mol. The highest BCUT2D eigenvalue weighted by Gasteiger charge is 2.27. The van der Waals surface area contributed by atoms with Crippen LogP contribution in [0, 0.1) is 5.82 Å². The van der Waals surface area contributed by atoms with Gasteiger partial charge in [0.1, 0.15) is 10.8 Å². The maximum Gasteiger partial charge on any atom is 0.341 e. The van der Waals surface area contributed by atoms with E-state index in [1.165, 1.54) is 54.8 Å². The SMILES string of the molecule is COC(=O)c1c(NC(=O)C(C)Sc2cccc(NC(=O)c3ccccc3F)c2)sc2c1CCCCCC2. The Kier molecular flexibility index (Phi) is 9.00. The number of amides is 2. The third-order valence-corrected chi connectivity index (χ3v) is 8.49. The van der Waals surface area contributed by atoms with Crippen LogP contribution in [-0.4, -0.2) is 30.1 Å². The molecule has 0 aliphatic heterocycles. The van der Waals surface area contributed by atoms with Gasteiger partial charge >= 0.3 is 5.97 Å². The summed E-state index contributed by atoms with van der Waals surface area (Å²) < 4.78 is 19.0. The van der Waals surface area contributed by atoms with Crippen LogP contribution in [-0.2, 0) is 22.4 Å². The Morgan fingerprint density at radius 2 is 1.76 bits per heavy atom. The van der Waals surface area contributed by atoms with E-state index in [9.17, 15) is 18.8 Å². The van der Waals surface area contributed by atoms with Crippen molar-refractivity contribution in [1.82, 2.24) is 0 Å². The molecule has 1 aliphatic carbocycles. The molecule has 4 rings (SSSR count). The van der Waals surface area contributed by atoms with Gasteiger partial charge in [-0.25, -0.2) is 9.18 Å². The fourth-order valence-corrected chi connectivity index (χ4v) is 6.49. The molecule has 6 nitrogen and oxygen atoms in total. The maximum atomic E-state index is 13.9. The number of hydrogen-bond acceptors (Lipinski definition) is 6. The van der Waals surface area contributed by atoms with Crippen LogP contribution in [0.4, 0.5) is 15.1 Å². The number of anilines is 2. The van der Waals surface area contributed by atoms with Gasteiger partial charge < -0.3 is 15.4 Å². The molecule has 0 saturated heterocycles. The minimum absolute atomic E-state index is 0.0419. The highest BCUT2D eigenvalue weighted by molar-refractivity contribution is 8.00. The number of nitrogens with one attached hydrogen (secondary N) is 2. The van der Waals surface area contributed by atoms with Crippen molar-refractivity contribution in [3.63, 3.8) is 0 Å². The molecule has 0 bridgehead atoms. The largest absolute Gasteiger partial charge is 0.465 e. The van der Waals surface area contributed by atoms with E-state index in [2.05, 4.69) is 10.6 Å². The van der Waals surface area contributed by atoms with Crippen molar-refractivity contribution in [2.24, 2.45) is 0 Å². The Bertz CT molecular complexity index is 1310. The molecule has 0 spiro atoms. The van der Waals surface area contributed by atoms with E-state index < -0.39 is 22.9 Å². The summed E-state index contributed by atoms with van der Waals surface area (Å²) in [7, 11) is 1.36. The van der Waals surface area contributed by atoms with E-state index in [0.29, 0.717) is 16.3 Å². The van der Waals surface area contributed by atoms with Crippen LogP contribution in [0.2, 0.25) is 0 Å². The first kappa shape index (κ1) is 26.9. The summed E-state index contributed by atoms with van der Waals surface area (Å²) in [6.07, 6.45) is 6.08. The third kappa shape index (κ3) is 6.59. The van der Waals surface area contributed by atoms with Gasteiger partial charge in [-0.15, -0.1) is 23.1 Å².